The van der Waals surface area contributed by atoms with Gasteiger partial charge in [0, 0.05) is 35.2 Å². The van der Waals surface area contributed by atoms with Gasteiger partial charge < -0.3 is 30.0 Å². The molecule has 5 rings (SSSR count). The Labute approximate surface area is 225 Å². The van der Waals surface area contributed by atoms with E-state index >= 15 is 0 Å². The molecule has 0 saturated carbocycles. The lowest BCUT2D eigenvalue weighted by atomic mass is 9.78. The van der Waals surface area contributed by atoms with E-state index in [1.807, 2.05) is 42.5 Å². The van der Waals surface area contributed by atoms with Gasteiger partial charge in [0.05, 0.1) is 43.2 Å². The largest absolute Gasteiger partial charge is 0.500 e. The Kier molecular flexibility index (Phi) is 7.02. The first-order valence-corrected chi connectivity index (χ1v) is 12.6. The van der Waals surface area contributed by atoms with Crippen molar-refractivity contribution in [2.24, 2.45) is 0 Å². The van der Waals surface area contributed by atoms with Gasteiger partial charge in [-0.2, -0.15) is 0 Å². The van der Waals surface area contributed by atoms with Crippen LogP contribution in [0.25, 0.3) is 0 Å². The average Bonchev–Trinajstić information content (AvgIpc) is 3.10. The Morgan fingerprint density at radius 1 is 1.03 bits per heavy atom. The molecule has 0 fully saturated rings. The summed E-state index contributed by atoms with van der Waals surface area (Å²) in [5.74, 6) is 0.462. The number of nitro groups is 1. The van der Waals surface area contributed by atoms with Gasteiger partial charge in [0.15, 0.2) is 11.5 Å². The Balaban J connectivity index is 1.66. The highest BCUT2D eigenvalue weighted by molar-refractivity contribution is 6.01. The molecule has 2 unspecified atom stereocenters. The number of methoxy groups -OCH3 is 2. The van der Waals surface area contributed by atoms with Gasteiger partial charge in [-0.05, 0) is 55.3 Å². The van der Waals surface area contributed by atoms with E-state index in [9.17, 15) is 20.0 Å². The van der Waals surface area contributed by atoms with Gasteiger partial charge in [-0.25, -0.2) is 0 Å². The van der Waals surface area contributed by atoms with Gasteiger partial charge in [-0.3, -0.25) is 14.9 Å². The van der Waals surface area contributed by atoms with Crippen LogP contribution in [-0.4, -0.2) is 36.6 Å². The molecule has 10 heteroatoms. The number of hydrogen-bond acceptors (Lipinski definition) is 9. The van der Waals surface area contributed by atoms with Crippen LogP contribution in [0.2, 0.25) is 0 Å². The molecule has 1 aliphatic heterocycles. The molecule has 1 heterocycles. The molecule has 10 nitrogen and oxygen atoms in total. The van der Waals surface area contributed by atoms with Gasteiger partial charge in [0.25, 0.3) is 0 Å². The van der Waals surface area contributed by atoms with Crippen LogP contribution in [-0.2, 0) is 4.79 Å². The number of phenols is 1. The van der Waals surface area contributed by atoms with Crippen molar-refractivity contribution in [3.05, 3.63) is 87.1 Å². The van der Waals surface area contributed by atoms with Crippen molar-refractivity contribution in [2.75, 3.05) is 31.5 Å². The second-order valence-corrected chi connectivity index (χ2v) is 9.35. The lowest BCUT2D eigenvalue weighted by Crippen LogP contribution is -2.27. The summed E-state index contributed by atoms with van der Waals surface area (Å²) < 4.78 is 16.6. The Morgan fingerprint density at radius 2 is 1.79 bits per heavy atom. The number of Topliss-reactive ketones (excluding diaryl/α,β-unsaturated/α-hetero) is 1. The molecule has 0 bridgehead atoms. The number of ether oxygens (including phenoxy) is 3. The maximum absolute atomic E-state index is 13.9. The van der Waals surface area contributed by atoms with Crippen LogP contribution in [0.5, 0.6) is 23.0 Å². The molecule has 0 aromatic heterocycles. The number of para-hydroxylation sites is 2. The smallest absolute Gasteiger partial charge is 0.315 e. The van der Waals surface area contributed by atoms with Crippen LogP contribution in [0.3, 0.4) is 0 Å². The van der Waals surface area contributed by atoms with Gasteiger partial charge in [-0.15, -0.1) is 0 Å². The fourth-order valence-electron chi connectivity index (χ4n) is 5.31. The van der Waals surface area contributed by atoms with E-state index in [1.54, 1.807) is 27.2 Å². The first-order valence-electron chi connectivity index (χ1n) is 12.6. The van der Waals surface area contributed by atoms with Crippen molar-refractivity contribution < 1.29 is 29.0 Å². The van der Waals surface area contributed by atoms with Crippen molar-refractivity contribution >= 4 is 22.8 Å². The standard InChI is InChI=1S/C29H29N3O7/c1-4-39-26-14-17(12-23(29(26)34)32(35)36)28-27-22(30-20-7-5-6-8-21(20)31-28)11-16(13-24(27)33)19-15-18(37-2)9-10-25(19)38-3/h5-10,12,14-16,28,30-31,34H,4,11,13H2,1-3H3. The van der Waals surface area contributed by atoms with Crippen molar-refractivity contribution in [1.29, 1.82) is 0 Å². The van der Waals surface area contributed by atoms with Crippen LogP contribution in [0.1, 0.15) is 42.9 Å². The zero-order valence-electron chi connectivity index (χ0n) is 21.8. The molecule has 39 heavy (non-hydrogen) atoms. The third kappa shape index (κ3) is 4.81. The molecule has 202 valence electrons. The van der Waals surface area contributed by atoms with Crippen LogP contribution >= 0.6 is 0 Å². The monoisotopic (exact) mass is 531 g/mol. The molecule has 3 N–H and O–H groups in total. The number of fused-ring (bicyclic) bond motifs is 1. The van der Waals surface area contributed by atoms with E-state index in [0.717, 1.165) is 16.9 Å². The molecule has 1 aliphatic carbocycles. The van der Waals surface area contributed by atoms with Crippen molar-refractivity contribution in [3.63, 3.8) is 0 Å². The van der Waals surface area contributed by atoms with Crippen LogP contribution in [0.4, 0.5) is 17.1 Å². The number of anilines is 2. The number of carbonyl (C=O) groups is 1. The number of nitro benzene ring substituents is 1. The normalized spacial score (nSPS) is 18.2. The van der Waals surface area contributed by atoms with Crippen molar-refractivity contribution in [3.8, 4) is 23.0 Å². The molecular weight excluding hydrogens is 502 g/mol. The highest BCUT2D eigenvalue weighted by Gasteiger charge is 2.38. The topological polar surface area (TPSA) is 132 Å². The molecule has 0 spiro atoms. The van der Waals surface area contributed by atoms with Crippen LogP contribution in [0, 0.1) is 10.1 Å². The molecule has 2 atom stereocenters. The Hall–Kier alpha value is -4.73. The van der Waals surface area contributed by atoms with Crippen molar-refractivity contribution in [2.45, 2.75) is 31.7 Å². The summed E-state index contributed by atoms with van der Waals surface area (Å²) in [5.41, 5.74) is 3.49. The third-order valence-electron chi connectivity index (χ3n) is 7.09. The van der Waals surface area contributed by atoms with E-state index in [1.165, 1.54) is 6.07 Å². The zero-order chi connectivity index (χ0) is 27.7. The molecule has 2 aliphatic rings. The van der Waals surface area contributed by atoms with Crippen LogP contribution < -0.4 is 24.8 Å². The quantitative estimate of drug-likeness (QED) is 0.260. The maximum Gasteiger partial charge on any atom is 0.315 e. The molecule has 3 aromatic rings. The fraction of sp³-hybridized carbons (Fsp3) is 0.276. The third-order valence-corrected chi connectivity index (χ3v) is 7.09. The number of hydrogen-bond donors (Lipinski definition) is 3. The van der Waals surface area contributed by atoms with Crippen LogP contribution in [0.15, 0.2) is 65.9 Å². The zero-order valence-corrected chi connectivity index (χ0v) is 21.8. The second-order valence-electron chi connectivity index (χ2n) is 9.35. The average molecular weight is 532 g/mol. The Bertz CT molecular complexity index is 1480. The first kappa shape index (κ1) is 25.9. The highest BCUT2D eigenvalue weighted by Crippen LogP contribution is 2.48. The number of ketones is 1. The van der Waals surface area contributed by atoms with Gasteiger partial charge in [0.1, 0.15) is 11.5 Å². The van der Waals surface area contributed by atoms with E-state index < -0.39 is 22.4 Å². The van der Waals surface area contributed by atoms with Gasteiger partial charge in [-0.1, -0.05) is 12.1 Å². The van der Waals surface area contributed by atoms with E-state index in [4.69, 9.17) is 14.2 Å². The Morgan fingerprint density at radius 3 is 2.49 bits per heavy atom. The number of carbonyl (C=O) groups excluding carboxylic acids is 1. The number of phenolic OH excluding ortho intramolecular Hbond substituents is 1. The van der Waals surface area contributed by atoms with E-state index in [0.29, 0.717) is 34.8 Å². The minimum Gasteiger partial charge on any atom is -0.500 e. The summed E-state index contributed by atoms with van der Waals surface area (Å²) in [6.07, 6.45) is 0.701. The number of rotatable bonds is 7. The number of nitrogens with one attached hydrogen (secondary N) is 2. The lowest BCUT2D eigenvalue weighted by Gasteiger charge is -2.30. The number of benzene rings is 3. The molecule has 0 amide bonds. The molecule has 0 saturated heterocycles. The maximum atomic E-state index is 13.9. The number of nitrogens with zero attached hydrogens (tertiary/aromatic N) is 1. The minimum absolute atomic E-state index is 0.0154. The minimum atomic E-state index is -0.727. The molecule has 3 aromatic carbocycles. The highest BCUT2D eigenvalue weighted by atomic mass is 16.6. The lowest BCUT2D eigenvalue weighted by molar-refractivity contribution is -0.386. The predicted octanol–water partition coefficient (Wildman–Crippen LogP) is 5.70. The van der Waals surface area contributed by atoms with E-state index in [2.05, 4.69) is 10.6 Å². The summed E-state index contributed by atoms with van der Waals surface area (Å²) in [6, 6.07) is 15.2. The predicted molar refractivity (Wildman–Crippen MR) is 146 cm³/mol. The van der Waals surface area contributed by atoms with Gasteiger partial charge >= 0.3 is 5.69 Å². The fourth-order valence-corrected chi connectivity index (χ4v) is 5.31. The summed E-state index contributed by atoms with van der Waals surface area (Å²) in [7, 11) is 3.18. The van der Waals surface area contributed by atoms with Crippen molar-refractivity contribution in [1.82, 2.24) is 0 Å². The number of allylic oxidation sites excluding steroid dienone is 1. The summed E-state index contributed by atoms with van der Waals surface area (Å²) in [5, 5.41) is 29.1. The summed E-state index contributed by atoms with van der Waals surface area (Å²) in [6.45, 7) is 1.92. The number of aromatic hydroxyl groups is 1. The summed E-state index contributed by atoms with van der Waals surface area (Å²) >= 11 is 0. The molecule has 0 radical (unpaired) electrons. The first-order chi connectivity index (χ1) is 18.8. The SMILES string of the molecule is CCOc1cc(C2Nc3ccccc3NC3=C2C(=O)CC(c2cc(OC)ccc2OC)C3)cc([N+](=O)[O-])c1O. The molecular formula is C29H29N3O7. The second kappa shape index (κ2) is 10.6. The van der Waals surface area contributed by atoms with Gasteiger partial charge in [0.2, 0.25) is 5.75 Å². The summed E-state index contributed by atoms with van der Waals surface area (Å²) in [4.78, 5) is 25.1. The van der Waals surface area contributed by atoms with E-state index in [-0.39, 0.29) is 30.5 Å².